The Morgan fingerprint density at radius 2 is 1.77 bits per heavy atom. The summed E-state index contributed by atoms with van der Waals surface area (Å²) in [6.07, 6.45) is -0.0351. The predicted octanol–water partition coefficient (Wildman–Crippen LogP) is 6.93. The summed E-state index contributed by atoms with van der Waals surface area (Å²) >= 11 is 1.62. The standard InChI is InChI=1S/C29H25NO4S/c1-17-12-13-24(34-23(14-15-31)19-8-4-3-5-9-19)26-21(29(32)33)16-22(30-27(17)26)28-18(2)20-10-6-7-11-25(20)35-28/h3-13,16,23,31H,14-15H2,1-2H3,(H,32,33). The Hall–Kier alpha value is -3.74. The monoisotopic (exact) mass is 483 g/mol. The van der Waals surface area contributed by atoms with Crippen molar-refractivity contribution in [3.63, 3.8) is 0 Å². The number of nitrogens with zero attached hydrogens (tertiary/aromatic N) is 1. The second-order valence-electron chi connectivity index (χ2n) is 8.55. The molecule has 1 unspecified atom stereocenters. The number of aliphatic hydroxyl groups is 1. The number of carbonyl (C=O) groups is 1. The lowest BCUT2D eigenvalue weighted by Gasteiger charge is -2.21. The molecule has 0 radical (unpaired) electrons. The van der Waals surface area contributed by atoms with Crippen LogP contribution < -0.4 is 4.74 Å². The molecule has 0 saturated carbocycles. The van der Waals surface area contributed by atoms with E-state index < -0.39 is 12.1 Å². The number of hydrogen-bond acceptors (Lipinski definition) is 5. The number of carboxylic acids is 1. The Balaban J connectivity index is 1.70. The normalized spacial score (nSPS) is 12.2. The van der Waals surface area contributed by atoms with Crippen molar-refractivity contribution >= 4 is 38.3 Å². The Bertz CT molecular complexity index is 1540. The van der Waals surface area contributed by atoms with E-state index in [1.54, 1.807) is 23.5 Å². The fourth-order valence-electron chi connectivity index (χ4n) is 4.48. The van der Waals surface area contributed by atoms with Crippen molar-refractivity contribution < 1.29 is 19.7 Å². The molecular formula is C29H25NO4S. The van der Waals surface area contributed by atoms with Crippen LogP contribution in [0.4, 0.5) is 0 Å². The SMILES string of the molecule is Cc1c(-c2cc(C(=O)O)c3c(OC(CCO)c4ccccc4)ccc(C)c3n2)sc2ccccc12. The number of aromatic nitrogens is 1. The molecule has 2 heterocycles. The van der Waals surface area contributed by atoms with Crippen LogP contribution in [0.15, 0.2) is 72.8 Å². The van der Waals surface area contributed by atoms with Gasteiger partial charge in [-0.15, -0.1) is 11.3 Å². The third-order valence-electron chi connectivity index (χ3n) is 6.26. The van der Waals surface area contributed by atoms with Crippen LogP contribution in [0.2, 0.25) is 0 Å². The molecule has 0 aliphatic carbocycles. The second kappa shape index (κ2) is 9.49. The first-order valence-electron chi connectivity index (χ1n) is 11.5. The van der Waals surface area contributed by atoms with E-state index in [0.717, 1.165) is 31.7 Å². The second-order valence-corrected chi connectivity index (χ2v) is 9.60. The molecule has 0 aliphatic heterocycles. The van der Waals surface area contributed by atoms with E-state index in [4.69, 9.17) is 9.72 Å². The lowest BCUT2D eigenvalue weighted by atomic mass is 10.0. The van der Waals surface area contributed by atoms with Crippen molar-refractivity contribution in [3.8, 4) is 16.3 Å². The largest absolute Gasteiger partial charge is 0.485 e. The fourth-order valence-corrected chi connectivity index (χ4v) is 5.65. The van der Waals surface area contributed by atoms with E-state index in [2.05, 4.69) is 12.1 Å². The molecule has 5 rings (SSSR count). The van der Waals surface area contributed by atoms with Crippen LogP contribution in [-0.4, -0.2) is 27.8 Å². The summed E-state index contributed by atoms with van der Waals surface area (Å²) in [5.74, 6) is -0.594. The molecule has 1 atom stereocenters. The first-order valence-corrected chi connectivity index (χ1v) is 12.3. The van der Waals surface area contributed by atoms with Gasteiger partial charge in [-0.05, 0) is 54.1 Å². The number of aliphatic hydroxyl groups excluding tert-OH is 1. The van der Waals surface area contributed by atoms with Gasteiger partial charge >= 0.3 is 5.97 Å². The maximum Gasteiger partial charge on any atom is 0.336 e. The van der Waals surface area contributed by atoms with Gasteiger partial charge in [0.05, 0.1) is 27.0 Å². The zero-order valence-corrected chi connectivity index (χ0v) is 20.3. The zero-order chi connectivity index (χ0) is 24.5. The molecule has 2 N–H and O–H groups in total. The highest BCUT2D eigenvalue weighted by Gasteiger charge is 2.22. The summed E-state index contributed by atoms with van der Waals surface area (Å²) in [6.45, 7) is 3.92. The van der Waals surface area contributed by atoms with E-state index in [9.17, 15) is 15.0 Å². The summed E-state index contributed by atoms with van der Waals surface area (Å²) < 4.78 is 7.50. The van der Waals surface area contributed by atoms with E-state index in [1.165, 1.54) is 0 Å². The van der Waals surface area contributed by atoms with Crippen LogP contribution in [-0.2, 0) is 0 Å². The number of fused-ring (bicyclic) bond motifs is 2. The molecule has 0 spiro atoms. The number of hydrogen-bond donors (Lipinski definition) is 2. The number of carboxylic acid groups (broad SMARTS) is 1. The molecule has 5 nitrogen and oxygen atoms in total. The third kappa shape index (κ3) is 4.27. The minimum atomic E-state index is -1.04. The predicted molar refractivity (Wildman–Crippen MR) is 141 cm³/mol. The van der Waals surface area contributed by atoms with Crippen LogP contribution >= 0.6 is 11.3 Å². The number of aromatic carboxylic acids is 1. The quantitative estimate of drug-likeness (QED) is 0.262. The van der Waals surface area contributed by atoms with Crippen molar-refractivity contribution in [2.45, 2.75) is 26.4 Å². The smallest absolute Gasteiger partial charge is 0.336 e. The molecule has 0 bridgehead atoms. The van der Waals surface area contributed by atoms with Crippen LogP contribution in [0.5, 0.6) is 5.75 Å². The third-order valence-corrected chi connectivity index (χ3v) is 7.56. The van der Waals surface area contributed by atoms with Crippen LogP contribution in [0.3, 0.4) is 0 Å². The Morgan fingerprint density at radius 3 is 2.49 bits per heavy atom. The Labute approximate surface area is 207 Å². The number of rotatable bonds is 7. The molecular weight excluding hydrogens is 458 g/mol. The molecule has 0 amide bonds. The van der Waals surface area contributed by atoms with Gasteiger partial charge in [0, 0.05) is 17.7 Å². The van der Waals surface area contributed by atoms with Crippen molar-refractivity contribution in [1.82, 2.24) is 4.98 Å². The number of pyridine rings is 1. The minimum Gasteiger partial charge on any atom is -0.485 e. The molecule has 35 heavy (non-hydrogen) atoms. The molecule has 0 aliphatic rings. The molecule has 6 heteroatoms. The highest BCUT2D eigenvalue weighted by Crippen LogP contribution is 2.41. The first-order chi connectivity index (χ1) is 17.0. The van der Waals surface area contributed by atoms with Gasteiger partial charge in [-0.3, -0.25) is 0 Å². The van der Waals surface area contributed by atoms with E-state index in [1.807, 2.05) is 62.4 Å². The van der Waals surface area contributed by atoms with Gasteiger partial charge in [0.1, 0.15) is 11.9 Å². The van der Waals surface area contributed by atoms with E-state index in [0.29, 0.717) is 28.8 Å². The van der Waals surface area contributed by atoms with Crippen LogP contribution in [0.25, 0.3) is 31.6 Å². The summed E-state index contributed by atoms with van der Waals surface area (Å²) in [7, 11) is 0. The molecule has 0 fully saturated rings. The lowest BCUT2D eigenvalue weighted by Crippen LogP contribution is -2.11. The van der Waals surface area contributed by atoms with Gasteiger partial charge in [0.2, 0.25) is 0 Å². The summed E-state index contributed by atoms with van der Waals surface area (Å²) in [5, 5.41) is 21.5. The summed E-state index contributed by atoms with van der Waals surface area (Å²) in [6, 6.07) is 23.1. The highest BCUT2D eigenvalue weighted by molar-refractivity contribution is 7.22. The molecule has 5 aromatic rings. The molecule has 3 aromatic carbocycles. The lowest BCUT2D eigenvalue weighted by molar-refractivity contribution is 0.0698. The number of thiophene rings is 1. The van der Waals surface area contributed by atoms with Crippen LogP contribution in [0.1, 0.15) is 39.6 Å². The van der Waals surface area contributed by atoms with Gasteiger partial charge < -0.3 is 14.9 Å². The Kier molecular flexibility index (Phi) is 6.24. The highest BCUT2D eigenvalue weighted by atomic mass is 32.1. The van der Waals surface area contributed by atoms with Crippen molar-refractivity contribution in [3.05, 3.63) is 95.1 Å². The van der Waals surface area contributed by atoms with Gasteiger partial charge in [-0.2, -0.15) is 0 Å². The number of ether oxygens (including phenoxy) is 1. The van der Waals surface area contributed by atoms with Crippen LogP contribution in [0, 0.1) is 13.8 Å². The van der Waals surface area contributed by atoms with Gasteiger partial charge in [0.25, 0.3) is 0 Å². The van der Waals surface area contributed by atoms with Crippen molar-refractivity contribution in [2.75, 3.05) is 6.61 Å². The minimum absolute atomic E-state index is 0.0528. The average Bonchev–Trinajstić information content (AvgIpc) is 3.21. The van der Waals surface area contributed by atoms with Gasteiger partial charge in [-0.25, -0.2) is 9.78 Å². The summed E-state index contributed by atoms with van der Waals surface area (Å²) in [5.41, 5.74) is 4.27. The molecule has 0 saturated heterocycles. The van der Waals surface area contributed by atoms with E-state index >= 15 is 0 Å². The molecule has 2 aromatic heterocycles. The average molecular weight is 484 g/mol. The van der Waals surface area contributed by atoms with Crippen molar-refractivity contribution in [1.29, 1.82) is 0 Å². The van der Waals surface area contributed by atoms with Crippen molar-refractivity contribution in [2.24, 2.45) is 0 Å². The maximum absolute atomic E-state index is 12.5. The fraction of sp³-hybridized carbons (Fsp3) is 0.172. The van der Waals surface area contributed by atoms with Gasteiger partial charge in [-0.1, -0.05) is 54.6 Å². The first kappa shape index (κ1) is 23.0. The summed E-state index contributed by atoms with van der Waals surface area (Å²) in [4.78, 5) is 18.4. The maximum atomic E-state index is 12.5. The van der Waals surface area contributed by atoms with Gasteiger partial charge in [0.15, 0.2) is 0 Å². The Morgan fingerprint density at radius 1 is 1.03 bits per heavy atom. The zero-order valence-electron chi connectivity index (χ0n) is 19.5. The van der Waals surface area contributed by atoms with E-state index in [-0.39, 0.29) is 12.2 Å². The molecule has 176 valence electrons. The number of benzene rings is 3. The topological polar surface area (TPSA) is 79.7 Å². The number of aryl methyl sites for hydroxylation is 2.